The molecule has 0 saturated carbocycles. The van der Waals surface area contributed by atoms with Crippen molar-refractivity contribution < 1.29 is 13.9 Å². The maximum absolute atomic E-state index is 14.8. The highest BCUT2D eigenvalue weighted by atomic mass is 19.1. The highest BCUT2D eigenvalue weighted by Gasteiger charge is 2.34. The van der Waals surface area contributed by atoms with Crippen LogP contribution in [0.15, 0.2) is 35.3 Å². The molecule has 0 radical (unpaired) electrons. The molecule has 0 aliphatic carbocycles. The lowest BCUT2D eigenvalue weighted by Crippen LogP contribution is -2.53. The number of likely N-dealkylation sites (tertiary alicyclic amines) is 1. The Morgan fingerprint density at radius 1 is 1.33 bits per heavy atom. The Morgan fingerprint density at radius 3 is 3.06 bits per heavy atom. The lowest BCUT2D eigenvalue weighted by molar-refractivity contribution is 0.00332. The molecule has 1 N–H and O–H groups in total. The van der Waals surface area contributed by atoms with Crippen molar-refractivity contribution in [2.45, 2.75) is 44.0 Å². The van der Waals surface area contributed by atoms with E-state index in [-0.39, 0.29) is 29.4 Å². The van der Waals surface area contributed by atoms with Gasteiger partial charge in [-0.2, -0.15) is 5.26 Å². The molecule has 0 unspecified atom stereocenters. The molecule has 5 heterocycles. The number of halogens is 1. The molecule has 3 atom stereocenters. The highest BCUT2D eigenvalue weighted by Crippen LogP contribution is 2.35. The molecule has 8 nitrogen and oxygen atoms in total. The fourth-order valence-corrected chi connectivity index (χ4v) is 6.03. The number of nitrogens with one attached hydrogen (secondary N) is 1. The van der Waals surface area contributed by atoms with E-state index in [9.17, 15) is 14.4 Å². The number of pyridine rings is 2. The lowest BCUT2D eigenvalue weighted by atomic mass is 9.96. The van der Waals surface area contributed by atoms with Gasteiger partial charge in [-0.15, -0.1) is 0 Å². The third-order valence-corrected chi connectivity index (χ3v) is 7.76. The zero-order valence-electron chi connectivity index (χ0n) is 20.2. The van der Waals surface area contributed by atoms with Gasteiger partial charge in [-0.1, -0.05) is 6.07 Å². The van der Waals surface area contributed by atoms with Gasteiger partial charge < -0.3 is 19.4 Å². The van der Waals surface area contributed by atoms with E-state index in [0.717, 1.165) is 36.3 Å². The first-order valence-corrected chi connectivity index (χ1v) is 12.4. The summed E-state index contributed by atoms with van der Waals surface area (Å²) in [5.41, 5.74) is 4.52. The minimum absolute atomic E-state index is 0.0271. The van der Waals surface area contributed by atoms with Crippen molar-refractivity contribution in [3.05, 3.63) is 68.9 Å². The zero-order valence-corrected chi connectivity index (χ0v) is 20.2. The Balaban J connectivity index is 1.13. The van der Waals surface area contributed by atoms with Gasteiger partial charge in [0.25, 0.3) is 5.56 Å². The molecular weight excluding hydrogens is 461 g/mol. The molecule has 9 heteroatoms. The molecule has 3 aromatic rings. The minimum atomic E-state index is -0.347. The number of rotatable bonds is 6. The monoisotopic (exact) mass is 489 g/mol. The number of fused-ring (bicyclic) bond motifs is 1. The van der Waals surface area contributed by atoms with E-state index in [4.69, 9.17) is 9.47 Å². The van der Waals surface area contributed by atoms with Gasteiger partial charge in [-0.05, 0) is 36.2 Å². The summed E-state index contributed by atoms with van der Waals surface area (Å²) in [4.78, 5) is 18.9. The smallest absolute Gasteiger partial charge is 0.251 e. The van der Waals surface area contributed by atoms with E-state index in [0.29, 0.717) is 54.9 Å². The molecule has 1 fully saturated rings. The highest BCUT2D eigenvalue weighted by molar-refractivity contribution is 5.80. The van der Waals surface area contributed by atoms with Crippen LogP contribution in [-0.2, 0) is 24.2 Å². The van der Waals surface area contributed by atoms with Crippen molar-refractivity contribution in [1.29, 1.82) is 5.26 Å². The third kappa shape index (κ3) is 3.95. The van der Waals surface area contributed by atoms with Crippen LogP contribution in [0, 0.1) is 17.1 Å². The molecule has 2 aromatic heterocycles. The predicted molar refractivity (Wildman–Crippen MR) is 132 cm³/mol. The third-order valence-electron chi connectivity index (χ3n) is 7.76. The number of aromatic nitrogens is 2. The summed E-state index contributed by atoms with van der Waals surface area (Å²) >= 11 is 0. The van der Waals surface area contributed by atoms with Crippen molar-refractivity contribution in [1.82, 2.24) is 19.8 Å². The number of ether oxygens (including phenoxy) is 2. The van der Waals surface area contributed by atoms with Crippen LogP contribution in [0.5, 0.6) is 5.75 Å². The molecule has 186 valence electrons. The van der Waals surface area contributed by atoms with Gasteiger partial charge in [0.1, 0.15) is 17.6 Å². The second kappa shape index (κ2) is 9.28. The molecule has 0 spiro atoms. The largest absolute Gasteiger partial charge is 0.492 e. The Bertz CT molecular complexity index is 1430. The summed E-state index contributed by atoms with van der Waals surface area (Å²) in [5.74, 6) is 0.273. The number of benzene rings is 1. The first-order chi connectivity index (χ1) is 17.6. The maximum Gasteiger partial charge on any atom is 0.251 e. The number of hydrogen-bond acceptors (Lipinski definition) is 7. The molecule has 36 heavy (non-hydrogen) atoms. The van der Waals surface area contributed by atoms with E-state index in [2.05, 4.69) is 27.3 Å². The molecule has 3 aliphatic rings. The molecule has 0 bridgehead atoms. The molecule has 1 saturated heterocycles. The molecule has 0 amide bonds. The van der Waals surface area contributed by atoms with Crippen molar-refractivity contribution in [3.8, 4) is 11.8 Å². The van der Waals surface area contributed by atoms with Gasteiger partial charge in [0.2, 0.25) is 0 Å². The minimum Gasteiger partial charge on any atom is -0.492 e. The quantitative estimate of drug-likeness (QED) is 0.568. The van der Waals surface area contributed by atoms with Gasteiger partial charge >= 0.3 is 0 Å². The number of nitriles is 1. The fourth-order valence-electron chi connectivity index (χ4n) is 6.03. The normalized spacial score (nSPS) is 23.0. The van der Waals surface area contributed by atoms with Gasteiger partial charge in [-0.3, -0.25) is 14.7 Å². The standard InChI is InChI=1S/C27H28FN5O3/c1-35-23-15-32(13-19-14-33-24(34)3-2-22-26(33)25(19)20(28)12-31-22)6-4-21(23)30-11-16-8-17-5-7-36-27(17)18(9-16)10-29/h2-3,8-9,12,19,21,23,30H,4-7,11,13-15H2,1H3/t19-,21+,23-/m1/s1. The van der Waals surface area contributed by atoms with Crippen molar-refractivity contribution in [2.24, 2.45) is 0 Å². The summed E-state index contributed by atoms with van der Waals surface area (Å²) in [6.07, 6.45) is 2.95. The molecule has 3 aliphatic heterocycles. The summed E-state index contributed by atoms with van der Waals surface area (Å²) < 4.78 is 28.0. The second-order valence-corrected chi connectivity index (χ2v) is 9.88. The van der Waals surface area contributed by atoms with Gasteiger partial charge in [-0.25, -0.2) is 4.39 Å². The summed E-state index contributed by atoms with van der Waals surface area (Å²) in [6, 6.07) is 9.61. The fraction of sp³-hybridized carbons (Fsp3) is 0.444. The van der Waals surface area contributed by atoms with Crippen LogP contribution in [0.2, 0.25) is 0 Å². The van der Waals surface area contributed by atoms with Gasteiger partial charge in [0.05, 0.1) is 35.5 Å². The van der Waals surface area contributed by atoms with Crippen LogP contribution in [0.4, 0.5) is 4.39 Å². The first-order valence-electron chi connectivity index (χ1n) is 12.4. The van der Waals surface area contributed by atoms with E-state index in [1.165, 1.54) is 12.3 Å². The Hall–Kier alpha value is -3.32. The molecular formula is C27H28FN5O3. The van der Waals surface area contributed by atoms with Crippen LogP contribution < -0.4 is 15.6 Å². The van der Waals surface area contributed by atoms with Crippen LogP contribution in [-0.4, -0.2) is 59.9 Å². The summed E-state index contributed by atoms with van der Waals surface area (Å²) in [6.45, 7) is 3.95. The van der Waals surface area contributed by atoms with Crippen molar-refractivity contribution in [2.75, 3.05) is 33.4 Å². The topological polar surface area (TPSA) is 92.4 Å². The number of nitrogens with zero attached hydrogens (tertiary/aromatic N) is 4. The van der Waals surface area contributed by atoms with E-state index < -0.39 is 0 Å². The molecule has 6 rings (SSSR count). The number of methoxy groups -OCH3 is 1. The average Bonchev–Trinajstić information content (AvgIpc) is 3.52. The number of piperidine rings is 1. The predicted octanol–water partition coefficient (Wildman–Crippen LogP) is 2.32. The van der Waals surface area contributed by atoms with Crippen LogP contribution in [0.25, 0.3) is 11.0 Å². The second-order valence-electron chi connectivity index (χ2n) is 9.88. The van der Waals surface area contributed by atoms with Crippen molar-refractivity contribution in [3.63, 3.8) is 0 Å². The zero-order chi connectivity index (χ0) is 24.8. The number of hydrogen-bond donors (Lipinski definition) is 1. The van der Waals surface area contributed by atoms with Crippen LogP contribution in [0.3, 0.4) is 0 Å². The Labute approximate surface area is 208 Å². The average molecular weight is 490 g/mol. The van der Waals surface area contributed by atoms with Crippen molar-refractivity contribution >= 4 is 11.0 Å². The summed E-state index contributed by atoms with van der Waals surface area (Å²) in [7, 11) is 1.72. The Kier molecular flexibility index (Phi) is 5.96. The van der Waals surface area contributed by atoms with E-state index in [1.54, 1.807) is 17.7 Å². The molecule has 1 aromatic carbocycles. The Morgan fingerprint density at radius 2 is 2.22 bits per heavy atom. The van der Waals surface area contributed by atoms with Crippen LogP contribution in [0.1, 0.15) is 34.6 Å². The lowest BCUT2D eigenvalue weighted by Gasteiger charge is -2.39. The van der Waals surface area contributed by atoms with E-state index >= 15 is 0 Å². The maximum atomic E-state index is 14.8. The van der Waals surface area contributed by atoms with Gasteiger partial charge in [0.15, 0.2) is 0 Å². The summed E-state index contributed by atoms with van der Waals surface area (Å²) in [5, 5.41) is 13.1. The SMILES string of the molecule is CO[C@@H]1CN(C[C@@H]2Cn3c(=O)ccc4ncc(F)c2c43)CC[C@@H]1NCc1cc(C#N)c2c(c1)CCO2. The van der Waals surface area contributed by atoms with E-state index in [1.807, 2.05) is 6.07 Å². The first kappa shape index (κ1) is 23.1. The van der Waals surface area contributed by atoms with Crippen LogP contribution >= 0.6 is 0 Å². The van der Waals surface area contributed by atoms with Gasteiger partial charge in [0, 0.05) is 63.3 Å².